The van der Waals surface area contributed by atoms with Crippen LogP contribution in [0.4, 0.5) is 0 Å². The average molecular weight is 304 g/mol. The standard InChI is InChI=1S/C14H12N2O2S2/c15-11-12-1-3-14(4-2-12)20(17,18)10-9-19-13-5-7-16-8-6-13/h1-8H,9-10H2. The number of rotatable bonds is 5. The smallest absolute Gasteiger partial charge is 0.179 e. The number of aromatic nitrogens is 1. The van der Waals surface area contributed by atoms with Crippen molar-refractivity contribution in [1.29, 1.82) is 5.26 Å². The Balaban J connectivity index is 1.99. The van der Waals surface area contributed by atoms with Crippen molar-refractivity contribution >= 4 is 21.6 Å². The molecule has 20 heavy (non-hydrogen) atoms. The Morgan fingerprint density at radius 2 is 1.75 bits per heavy atom. The van der Waals surface area contributed by atoms with Gasteiger partial charge in [0.25, 0.3) is 0 Å². The van der Waals surface area contributed by atoms with Crippen LogP contribution < -0.4 is 0 Å². The lowest BCUT2D eigenvalue weighted by atomic mass is 10.2. The normalized spacial score (nSPS) is 10.9. The van der Waals surface area contributed by atoms with E-state index < -0.39 is 9.84 Å². The minimum absolute atomic E-state index is 0.0614. The van der Waals surface area contributed by atoms with Crippen molar-refractivity contribution < 1.29 is 8.42 Å². The van der Waals surface area contributed by atoms with Crippen LogP contribution in [-0.2, 0) is 9.84 Å². The summed E-state index contributed by atoms with van der Waals surface area (Å²) in [7, 11) is -3.30. The molecule has 4 nitrogen and oxygen atoms in total. The molecule has 1 aromatic carbocycles. The molecular formula is C14H12N2O2S2. The van der Waals surface area contributed by atoms with Gasteiger partial charge in [-0.05, 0) is 36.4 Å². The van der Waals surface area contributed by atoms with Gasteiger partial charge in [0, 0.05) is 23.0 Å². The first-order chi connectivity index (χ1) is 9.62. The maximum absolute atomic E-state index is 12.1. The zero-order valence-corrected chi connectivity index (χ0v) is 12.2. The molecule has 1 heterocycles. The molecule has 0 aliphatic carbocycles. The van der Waals surface area contributed by atoms with Crippen LogP contribution in [0.1, 0.15) is 5.56 Å². The van der Waals surface area contributed by atoms with Gasteiger partial charge in [0.2, 0.25) is 0 Å². The van der Waals surface area contributed by atoms with Crippen molar-refractivity contribution in [2.24, 2.45) is 0 Å². The fourth-order valence-electron chi connectivity index (χ4n) is 1.56. The second-order valence-corrected chi connectivity index (χ2v) is 7.26. The molecule has 0 radical (unpaired) electrons. The molecule has 0 saturated carbocycles. The van der Waals surface area contributed by atoms with Crippen molar-refractivity contribution in [1.82, 2.24) is 4.98 Å². The van der Waals surface area contributed by atoms with Gasteiger partial charge in [0.15, 0.2) is 9.84 Å². The second kappa shape index (κ2) is 6.55. The molecule has 0 aliphatic heterocycles. The van der Waals surface area contributed by atoms with Gasteiger partial charge >= 0.3 is 0 Å². The number of hydrogen-bond acceptors (Lipinski definition) is 5. The van der Waals surface area contributed by atoms with E-state index in [0.29, 0.717) is 11.3 Å². The van der Waals surface area contributed by atoms with E-state index in [1.807, 2.05) is 18.2 Å². The molecule has 2 aromatic rings. The maximum Gasteiger partial charge on any atom is 0.179 e. The number of benzene rings is 1. The van der Waals surface area contributed by atoms with Crippen LogP contribution in [0.5, 0.6) is 0 Å². The van der Waals surface area contributed by atoms with Gasteiger partial charge in [0.05, 0.1) is 22.3 Å². The minimum atomic E-state index is -3.30. The summed E-state index contributed by atoms with van der Waals surface area (Å²) < 4.78 is 24.2. The molecule has 0 saturated heterocycles. The Hall–Kier alpha value is -1.84. The lowest BCUT2D eigenvalue weighted by Crippen LogP contribution is -2.08. The van der Waals surface area contributed by atoms with Crippen LogP contribution in [0.25, 0.3) is 0 Å². The first kappa shape index (κ1) is 14.6. The van der Waals surface area contributed by atoms with Gasteiger partial charge in [-0.25, -0.2) is 8.42 Å². The van der Waals surface area contributed by atoms with E-state index in [4.69, 9.17) is 5.26 Å². The zero-order valence-electron chi connectivity index (χ0n) is 10.6. The van der Waals surface area contributed by atoms with E-state index in [0.717, 1.165) is 4.90 Å². The van der Waals surface area contributed by atoms with Gasteiger partial charge in [0.1, 0.15) is 0 Å². The fourth-order valence-corrected chi connectivity index (χ4v) is 4.11. The predicted molar refractivity (Wildman–Crippen MR) is 78.2 cm³/mol. The topological polar surface area (TPSA) is 70.8 Å². The van der Waals surface area contributed by atoms with E-state index in [1.165, 1.54) is 36.0 Å². The van der Waals surface area contributed by atoms with E-state index in [1.54, 1.807) is 12.4 Å². The first-order valence-electron chi connectivity index (χ1n) is 5.87. The molecule has 0 N–H and O–H groups in total. The fraction of sp³-hybridized carbons (Fsp3) is 0.143. The Labute approximate surface area is 122 Å². The summed E-state index contributed by atoms with van der Waals surface area (Å²) in [4.78, 5) is 5.16. The predicted octanol–water partition coefficient (Wildman–Crippen LogP) is 2.52. The lowest BCUT2D eigenvalue weighted by molar-refractivity contribution is 0.597. The maximum atomic E-state index is 12.1. The molecule has 0 fully saturated rings. The lowest BCUT2D eigenvalue weighted by Gasteiger charge is -2.04. The van der Waals surface area contributed by atoms with Crippen LogP contribution in [0.3, 0.4) is 0 Å². The number of nitriles is 1. The molecule has 0 spiro atoms. The second-order valence-electron chi connectivity index (χ2n) is 3.99. The molecule has 6 heteroatoms. The van der Waals surface area contributed by atoms with Crippen molar-refractivity contribution in [3.8, 4) is 6.07 Å². The summed E-state index contributed by atoms with van der Waals surface area (Å²) >= 11 is 1.48. The molecular weight excluding hydrogens is 292 g/mol. The van der Waals surface area contributed by atoms with Crippen molar-refractivity contribution in [3.05, 3.63) is 54.4 Å². The Kier molecular flexibility index (Phi) is 4.77. The summed E-state index contributed by atoms with van der Waals surface area (Å²) in [6, 6.07) is 11.6. The van der Waals surface area contributed by atoms with Crippen molar-refractivity contribution in [2.75, 3.05) is 11.5 Å². The summed E-state index contributed by atoms with van der Waals surface area (Å²) in [5, 5.41) is 8.69. The van der Waals surface area contributed by atoms with Crippen LogP contribution in [-0.4, -0.2) is 24.9 Å². The Morgan fingerprint density at radius 1 is 1.10 bits per heavy atom. The van der Waals surface area contributed by atoms with Gasteiger partial charge < -0.3 is 0 Å². The van der Waals surface area contributed by atoms with Gasteiger partial charge in [-0.3, -0.25) is 4.98 Å². The highest BCUT2D eigenvalue weighted by atomic mass is 32.2. The summed E-state index contributed by atoms with van der Waals surface area (Å²) in [6.07, 6.45) is 3.36. The van der Waals surface area contributed by atoms with Gasteiger partial charge in [-0.1, -0.05) is 0 Å². The van der Waals surface area contributed by atoms with Crippen LogP contribution >= 0.6 is 11.8 Å². The Morgan fingerprint density at radius 3 is 2.35 bits per heavy atom. The monoisotopic (exact) mass is 304 g/mol. The molecule has 2 rings (SSSR count). The molecule has 0 unspecified atom stereocenters. The van der Waals surface area contributed by atoms with Crippen LogP contribution in [0.2, 0.25) is 0 Å². The van der Waals surface area contributed by atoms with Crippen LogP contribution in [0, 0.1) is 11.3 Å². The third kappa shape index (κ3) is 3.83. The number of sulfone groups is 1. The van der Waals surface area contributed by atoms with Gasteiger partial charge in [-0.15, -0.1) is 11.8 Å². The van der Waals surface area contributed by atoms with E-state index in [9.17, 15) is 8.42 Å². The van der Waals surface area contributed by atoms with Gasteiger partial charge in [-0.2, -0.15) is 5.26 Å². The molecule has 0 amide bonds. The highest BCUT2D eigenvalue weighted by Crippen LogP contribution is 2.19. The number of pyridine rings is 1. The number of nitrogens with zero attached hydrogens (tertiary/aromatic N) is 2. The first-order valence-corrected chi connectivity index (χ1v) is 8.51. The molecule has 0 aliphatic rings. The Bertz CT molecular complexity index is 705. The van der Waals surface area contributed by atoms with Crippen molar-refractivity contribution in [3.63, 3.8) is 0 Å². The summed E-state index contributed by atoms with van der Waals surface area (Å²) in [5.41, 5.74) is 0.454. The summed E-state index contributed by atoms with van der Waals surface area (Å²) in [6.45, 7) is 0. The molecule has 0 atom stereocenters. The number of hydrogen-bond donors (Lipinski definition) is 0. The third-order valence-corrected chi connectivity index (χ3v) is 5.62. The van der Waals surface area contributed by atoms with Crippen molar-refractivity contribution in [2.45, 2.75) is 9.79 Å². The van der Waals surface area contributed by atoms with E-state index in [-0.39, 0.29) is 10.6 Å². The minimum Gasteiger partial charge on any atom is -0.265 e. The summed E-state index contributed by atoms with van der Waals surface area (Å²) in [5.74, 6) is 0.540. The van der Waals surface area contributed by atoms with E-state index in [2.05, 4.69) is 4.98 Å². The van der Waals surface area contributed by atoms with Crippen LogP contribution in [0.15, 0.2) is 58.6 Å². The molecule has 1 aromatic heterocycles. The largest absolute Gasteiger partial charge is 0.265 e. The average Bonchev–Trinajstić information content (AvgIpc) is 2.48. The zero-order chi connectivity index (χ0) is 14.4. The van der Waals surface area contributed by atoms with E-state index >= 15 is 0 Å². The quantitative estimate of drug-likeness (QED) is 0.794. The highest BCUT2D eigenvalue weighted by Gasteiger charge is 2.14. The molecule has 0 bridgehead atoms. The third-order valence-electron chi connectivity index (χ3n) is 2.61. The highest BCUT2D eigenvalue weighted by molar-refractivity contribution is 8.00. The number of thioether (sulfide) groups is 1. The molecule has 102 valence electrons. The SMILES string of the molecule is N#Cc1ccc(S(=O)(=O)CCSc2ccncc2)cc1.